The summed E-state index contributed by atoms with van der Waals surface area (Å²) >= 11 is 13.8. The van der Waals surface area contributed by atoms with Gasteiger partial charge in [0.1, 0.15) is 0 Å². The van der Waals surface area contributed by atoms with Gasteiger partial charge in [-0.3, -0.25) is 9.52 Å². The van der Waals surface area contributed by atoms with Crippen LogP contribution in [0.25, 0.3) is 0 Å². The van der Waals surface area contributed by atoms with Crippen molar-refractivity contribution in [1.29, 1.82) is 0 Å². The molecule has 5 nitrogen and oxygen atoms in total. The van der Waals surface area contributed by atoms with E-state index in [1.807, 2.05) is 24.3 Å². The molecule has 2 aromatic rings. The lowest BCUT2D eigenvalue weighted by atomic mass is 10.2. The van der Waals surface area contributed by atoms with E-state index in [2.05, 4.69) is 10.0 Å². The van der Waals surface area contributed by atoms with Crippen molar-refractivity contribution >= 4 is 56.6 Å². The summed E-state index contributed by atoms with van der Waals surface area (Å²) in [4.78, 5) is 12.3. The molecule has 2 N–H and O–H groups in total. The van der Waals surface area contributed by atoms with E-state index in [1.54, 1.807) is 11.8 Å². The first kappa shape index (κ1) is 20.9. The minimum Gasteiger partial charge on any atom is -0.351 e. The van der Waals surface area contributed by atoms with Crippen LogP contribution in [0.2, 0.25) is 10.0 Å². The molecule has 0 aliphatic heterocycles. The van der Waals surface area contributed by atoms with Gasteiger partial charge in [-0.05, 0) is 29.8 Å². The standard InChI is InChI=1S/C17H18Cl2N2O3S2/c1-26(23,24)21-13-6-7-16(19)14(10-13)17(22)20-8-9-25-11-12-4-2-3-5-15(12)18/h2-7,10,21H,8-9,11H2,1H3,(H,20,22). The highest BCUT2D eigenvalue weighted by Gasteiger charge is 2.12. The van der Waals surface area contributed by atoms with Crippen molar-refractivity contribution in [2.45, 2.75) is 5.75 Å². The van der Waals surface area contributed by atoms with Gasteiger partial charge in [0.25, 0.3) is 5.91 Å². The summed E-state index contributed by atoms with van der Waals surface area (Å²) in [6.45, 7) is 0.452. The number of amides is 1. The van der Waals surface area contributed by atoms with Gasteiger partial charge in [0, 0.05) is 28.8 Å². The molecule has 0 radical (unpaired) electrons. The number of carbonyl (C=O) groups excluding carboxylic acids is 1. The molecule has 0 atom stereocenters. The van der Waals surface area contributed by atoms with Gasteiger partial charge in [-0.25, -0.2) is 8.42 Å². The Morgan fingerprint density at radius 3 is 2.54 bits per heavy atom. The average molecular weight is 433 g/mol. The zero-order valence-electron chi connectivity index (χ0n) is 14.0. The number of anilines is 1. The first-order valence-electron chi connectivity index (χ1n) is 7.63. The second kappa shape index (κ2) is 9.50. The number of rotatable bonds is 8. The van der Waals surface area contributed by atoms with Crippen LogP contribution in [0.3, 0.4) is 0 Å². The Balaban J connectivity index is 1.86. The van der Waals surface area contributed by atoms with E-state index in [0.717, 1.165) is 22.6 Å². The summed E-state index contributed by atoms with van der Waals surface area (Å²) in [5, 5.41) is 3.76. The van der Waals surface area contributed by atoms with E-state index in [4.69, 9.17) is 23.2 Å². The van der Waals surface area contributed by atoms with Crippen molar-refractivity contribution in [1.82, 2.24) is 5.32 Å². The number of halogens is 2. The predicted molar refractivity (Wildman–Crippen MR) is 110 cm³/mol. The van der Waals surface area contributed by atoms with Crippen LogP contribution in [0.4, 0.5) is 5.69 Å². The van der Waals surface area contributed by atoms with E-state index in [0.29, 0.717) is 12.3 Å². The fourth-order valence-corrected chi connectivity index (χ4v) is 4.01. The van der Waals surface area contributed by atoms with Gasteiger partial charge >= 0.3 is 0 Å². The zero-order chi connectivity index (χ0) is 19.2. The van der Waals surface area contributed by atoms with Gasteiger partial charge in [0.05, 0.1) is 16.8 Å². The highest BCUT2D eigenvalue weighted by molar-refractivity contribution is 7.98. The second-order valence-electron chi connectivity index (χ2n) is 5.47. The summed E-state index contributed by atoms with van der Waals surface area (Å²) in [5.74, 6) is 1.10. The van der Waals surface area contributed by atoms with Crippen molar-refractivity contribution < 1.29 is 13.2 Å². The Kier molecular flexibility index (Phi) is 7.64. The van der Waals surface area contributed by atoms with Gasteiger partial charge in [0.15, 0.2) is 0 Å². The highest BCUT2D eigenvalue weighted by Crippen LogP contribution is 2.22. The first-order valence-corrected chi connectivity index (χ1v) is 11.4. The number of thioether (sulfide) groups is 1. The third kappa shape index (κ3) is 6.72. The van der Waals surface area contributed by atoms with E-state index in [1.165, 1.54) is 18.2 Å². The summed E-state index contributed by atoms with van der Waals surface area (Å²) < 4.78 is 24.9. The topological polar surface area (TPSA) is 75.3 Å². The van der Waals surface area contributed by atoms with Crippen molar-refractivity contribution in [3.8, 4) is 0 Å². The number of carbonyl (C=O) groups is 1. The van der Waals surface area contributed by atoms with Crippen LogP contribution < -0.4 is 10.0 Å². The van der Waals surface area contributed by atoms with Gasteiger partial charge in [-0.1, -0.05) is 41.4 Å². The maximum atomic E-state index is 12.3. The molecule has 0 bridgehead atoms. The third-order valence-corrected chi connectivity index (χ3v) is 5.57. The van der Waals surface area contributed by atoms with Crippen molar-refractivity contribution in [3.05, 3.63) is 63.6 Å². The minimum absolute atomic E-state index is 0.219. The molecule has 9 heteroatoms. The quantitative estimate of drug-likeness (QED) is 0.617. The Morgan fingerprint density at radius 1 is 1.12 bits per heavy atom. The molecule has 0 saturated heterocycles. The highest BCUT2D eigenvalue weighted by atomic mass is 35.5. The summed E-state index contributed by atoms with van der Waals surface area (Å²) in [5.41, 5.74) is 1.56. The molecule has 0 aliphatic rings. The number of nitrogens with one attached hydrogen (secondary N) is 2. The minimum atomic E-state index is -3.43. The van der Waals surface area contributed by atoms with Crippen molar-refractivity contribution in [3.63, 3.8) is 0 Å². The number of benzene rings is 2. The Hall–Kier alpha value is -1.41. The SMILES string of the molecule is CS(=O)(=O)Nc1ccc(Cl)c(C(=O)NCCSCc2ccccc2Cl)c1. The van der Waals surface area contributed by atoms with E-state index in [9.17, 15) is 13.2 Å². The van der Waals surface area contributed by atoms with Crippen LogP contribution in [-0.4, -0.2) is 32.9 Å². The normalized spacial score (nSPS) is 11.2. The third-order valence-electron chi connectivity index (χ3n) is 3.26. The molecule has 26 heavy (non-hydrogen) atoms. The van der Waals surface area contributed by atoms with E-state index >= 15 is 0 Å². The second-order valence-corrected chi connectivity index (χ2v) is 9.14. The lowest BCUT2D eigenvalue weighted by Crippen LogP contribution is -2.26. The Labute approximate surface area is 167 Å². The molecule has 0 aromatic heterocycles. The van der Waals surface area contributed by atoms with Crippen LogP contribution in [0, 0.1) is 0 Å². The average Bonchev–Trinajstić information content (AvgIpc) is 2.56. The maximum absolute atomic E-state index is 12.3. The number of hydrogen-bond donors (Lipinski definition) is 2. The van der Waals surface area contributed by atoms with Crippen LogP contribution >= 0.6 is 35.0 Å². The summed E-state index contributed by atoms with van der Waals surface area (Å²) in [7, 11) is -3.43. The lowest BCUT2D eigenvalue weighted by molar-refractivity contribution is 0.0956. The molecule has 2 aromatic carbocycles. The first-order chi connectivity index (χ1) is 12.3. The molecule has 0 fully saturated rings. The molecule has 0 unspecified atom stereocenters. The monoisotopic (exact) mass is 432 g/mol. The van der Waals surface area contributed by atoms with Crippen LogP contribution in [0.5, 0.6) is 0 Å². The largest absolute Gasteiger partial charge is 0.351 e. The maximum Gasteiger partial charge on any atom is 0.252 e. The number of sulfonamides is 1. The Morgan fingerprint density at radius 2 is 1.85 bits per heavy atom. The fraction of sp³-hybridized carbons (Fsp3) is 0.235. The van der Waals surface area contributed by atoms with E-state index in [-0.39, 0.29) is 22.2 Å². The molecule has 0 saturated carbocycles. The van der Waals surface area contributed by atoms with Crippen LogP contribution in [0.1, 0.15) is 15.9 Å². The van der Waals surface area contributed by atoms with Crippen LogP contribution in [0.15, 0.2) is 42.5 Å². The molecular weight excluding hydrogens is 415 g/mol. The molecule has 0 aliphatic carbocycles. The zero-order valence-corrected chi connectivity index (χ0v) is 17.1. The summed E-state index contributed by atoms with van der Waals surface area (Å²) in [6.07, 6.45) is 1.04. The summed E-state index contributed by atoms with van der Waals surface area (Å²) in [6, 6.07) is 12.0. The van der Waals surface area contributed by atoms with Gasteiger partial charge < -0.3 is 5.32 Å². The smallest absolute Gasteiger partial charge is 0.252 e. The number of hydrogen-bond acceptors (Lipinski definition) is 4. The van der Waals surface area contributed by atoms with Gasteiger partial charge in [0.2, 0.25) is 10.0 Å². The molecule has 1 amide bonds. The lowest BCUT2D eigenvalue weighted by Gasteiger charge is -2.10. The molecule has 0 heterocycles. The predicted octanol–water partition coefficient (Wildman–Crippen LogP) is 4.03. The van der Waals surface area contributed by atoms with Gasteiger partial charge in [-0.15, -0.1) is 0 Å². The molecular formula is C17H18Cl2N2O3S2. The fourth-order valence-electron chi connectivity index (χ4n) is 2.11. The Bertz CT molecular complexity index is 889. The van der Waals surface area contributed by atoms with E-state index < -0.39 is 10.0 Å². The van der Waals surface area contributed by atoms with Crippen molar-refractivity contribution in [2.75, 3.05) is 23.3 Å². The van der Waals surface area contributed by atoms with Crippen molar-refractivity contribution in [2.24, 2.45) is 0 Å². The molecule has 140 valence electrons. The van der Waals surface area contributed by atoms with Gasteiger partial charge in [-0.2, -0.15) is 11.8 Å². The molecule has 2 rings (SSSR count). The molecule has 0 spiro atoms. The van der Waals surface area contributed by atoms with Crippen LogP contribution in [-0.2, 0) is 15.8 Å².